The minimum Gasteiger partial charge on any atom is -0.508 e. The van der Waals surface area contributed by atoms with Gasteiger partial charge in [0.15, 0.2) is 34.5 Å². The van der Waals surface area contributed by atoms with E-state index in [0.29, 0.717) is 25.3 Å². The summed E-state index contributed by atoms with van der Waals surface area (Å²) in [7, 11) is 0. The van der Waals surface area contributed by atoms with Gasteiger partial charge in [-0.3, -0.25) is 14.4 Å². The Morgan fingerprint density at radius 2 is 1.19 bits per heavy atom. The number of hydrogen-bond donors (Lipinski definition) is 17. The van der Waals surface area contributed by atoms with Gasteiger partial charge in [0, 0.05) is 34.2 Å². The summed E-state index contributed by atoms with van der Waals surface area (Å²) in [5.74, 6) is -0.830. The van der Waals surface area contributed by atoms with Crippen LogP contribution in [0.2, 0.25) is 0 Å². The summed E-state index contributed by atoms with van der Waals surface area (Å²) in [6.07, 6.45) is 1.82. The molecule has 0 spiro atoms. The number of nitrogens with zero attached hydrogens (tertiary/aromatic N) is 6. The predicted octanol–water partition coefficient (Wildman–Crippen LogP) is -0.597. The van der Waals surface area contributed by atoms with E-state index in [-0.39, 0.29) is 57.8 Å². The number of H-pyrrole nitrogens is 3. The molecule has 0 fully saturated rings. The van der Waals surface area contributed by atoms with Crippen molar-refractivity contribution in [3.05, 3.63) is 98.2 Å². The number of aromatic amines is 3. The smallest absolute Gasteiger partial charge is 0.321 e. The van der Waals surface area contributed by atoms with Crippen LogP contribution < -0.4 is 39.8 Å². The molecule has 5 atom stereocenters. The zero-order chi connectivity index (χ0) is 50.3. The van der Waals surface area contributed by atoms with Crippen molar-refractivity contribution >= 4 is 41.4 Å². The summed E-state index contributed by atoms with van der Waals surface area (Å²) < 4.78 is -0.647. The normalized spacial score (nSPS) is 13.3. The lowest BCUT2D eigenvalue weighted by atomic mass is 10.1. The molecule has 21 N–H and O–H groups in total. The summed E-state index contributed by atoms with van der Waals surface area (Å²) >= 11 is 3.98. The number of aromatic hydroxyl groups is 3. The van der Waals surface area contributed by atoms with Gasteiger partial charge in [-0.1, -0.05) is 6.07 Å². The number of carboxylic acid groups (broad SMARTS) is 1. The topological polar surface area (TPSA) is 468 Å². The molecule has 0 amide bonds. The molecule has 0 bridgehead atoms. The Kier molecular flexibility index (Phi) is 19.8. The standard InChI is InChI=1S/C10H12N2O.2C9H11N5O3.C8H11NO2.C5H11NO2S/c11-4-3-7-6-12-10-2-1-8(13)5-9(7)10;2*1-3(15)6(16)4-2-11-7-5(12-4)8(17)14-9(10)13-7;9-4-3-6-1-2-7(10)8(11)5-6;1-5(2,9)3(6)4(7)8/h1-2,5-6,12-13H,3-4,11H2;2*2-3,6,15-16H,1H3,(H3,10,11,13,14,17);1-2,5,10-11H,3-4,9H2;3,9H,6H2,1-2H3,(H,7,8)/t;2*3-,6-;;3-/m.00.0/s1. The monoisotopic (exact) mass is 952 g/mol. The maximum atomic E-state index is 11.5. The third-order valence-corrected chi connectivity index (χ3v) is 9.40. The van der Waals surface area contributed by atoms with E-state index in [9.17, 15) is 39.9 Å². The fourth-order valence-electron chi connectivity index (χ4n) is 5.43. The lowest BCUT2D eigenvalue weighted by molar-refractivity contribution is -0.139. The van der Waals surface area contributed by atoms with E-state index in [1.807, 2.05) is 12.3 Å². The average Bonchev–Trinajstić information content (AvgIpc) is 3.66. The molecule has 5 heterocycles. The van der Waals surface area contributed by atoms with Crippen molar-refractivity contribution in [1.82, 2.24) is 44.9 Å². The molecular weight excluding hydrogens is 897 g/mol. The Morgan fingerprint density at radius 1 is 0.701 bits per heavy atom. The highest BCUT2D eigenvalue weighted by Gasteiger charge is 2.28. The molecule has 25 nitrogen and oxygen atoms in total. The molecule has 0 aliphatic carbocycles. The van der Waals surface area contributed by atoms with Crippen LogP contribution in [0.1, 0.15) is 62.4 Å². The molecule has 0 radical (unpaired) electrons. The van der Waals surface area contributed by atoms with Crippen molar-refractivity contribution in [3.63, 3.8) is 0 Å². The van der Waals surface area contributed by atoms with Crippen molar-refractivity contribution in [1.29, 1.82) is 0 Å². The molecule has 4 aliphatic heterocycles. The Bertz CT molecular complexity index is 2640. The Morgan fingerprint density at radius 3 is 1.60 bits per heavy atom. The van der Waals surface area contributed by atoms with Crippen LogP contribution in [0.5, 0.6) is 17.2 Å². The number of aliphatic hydroxyl groups is 4. The fourth-order valence-corrected chi connectivity index (χ4v) is 5.54. The number of fused-ring (bicyclic) bond motifs is 3. The van der Waals surface area contributed by atoms with Crippen LogP contribution in [0.15, 0.2) is 64.6 Å². The number of hydrogen-bond acceptors (Lipinski definition) is 22. The van der Waals surface area contributed by atoms with Crippen LogP contribution in [-0.2, 0) is 17.6 Å². The number of carbonyl (C=O) groups is 1. The first-order valence-corrected chi connectivity index (χ1v) is 20.5. The van der Waals surface area contributed by atoms with Gasteiger partial charge in [0.1, 0.15) is 24.0 Å². The second kappa shape index (κ2) is 24.5. The van der Waals surface area contributed by atoms with Crippen LogP contribution in [0, 0.1) is 0 Å². The molecule has 0 unspecified atom stereocenters. The zero-order valence-corrected chi connectivity index (χ0v) is 37.6. The lowest BCUT2D eigenvalue weighted by Crippen LogP contribution is -2.45. The highest BCUT2D eigenvalue weighted by Crippen LogP contribution is 2.25. The minimum absolute atomic E-state index is 0.0311. The highest BCUT2D eigenvalue weighted by atomic mass is 32.1. The SMILES string of the molecule is CC(C)(S)[C@@H](N)C(=O)O.C[C@H](O)[C@H](O)c1c[nH]c2nc(N)nc(=O)c-2n1.C[C@H](O)[C@H](O)c1c[nH]c2nc(N)nc(=O)c-2n1.NCCc1c[nH]c2ccc(O)cc12.NCCc1ccc(O)c(O)c1. The minimum atomic E-state index is -1.19. The molecule has 67 heavy (non-hydrogen) atoms. The third kappa shape index (κ3) is 15.8. The van der Waals surface area contributed by atoms with Gasteiger partial charge in [-0.05, 0) is 95.1 Å². The number of benzene rings is 2. The van der Waals surface area contributed by atoms with Crippen molar-refractivity contribution in [3.8, 4) is 40.3 Å². The third-order valence-electron chi connectivity index (χ3n) is 9.12. The predicted molar refractivity (Wildman–Crippen MR) is 250 cm³/mol. The number of phenols is 3. The molecule has 26 heteroatoms. The fraction of sp³-hybridized carbons (Fsp3) is 0.341. The maximum absolute atomic E-state index is 11.5. The van der Waals surface area contributed by atoms with Crippen LogP contribution in [0.4, 0.5) is 11.9 Å². The van der Waals surface area contributed by atoms with Gasteiger partial charge in [0.2, 0.25) is 11.9 Å². The number of nitrogen functional groups attached to an aromatic ring is 2. The summed E-state index contributed by atoms with van der Waals surface area (Å²) in [6, 6.07) is 9.11. The molecular formula is C41H56N14O11S. The number of nitrogens with two attached hydrogens (primary N) is 5. The van der Waals surface area contributed by atoms with E-state index < -0.39 is 52.3 Å². The van der Waals surface area contributed by atoms with E-state index in [4.69, 9.17) is 44.0 Å². The lowest BCUT2D eigenvalue weighted by Gasteiger charge is -2.21. The first-order chi connectivity index (χ1) is 31.4. The summed E-state index contributed by atoms with van der Waals surface area (Å²) in [5.41, 5.74) is 28.7. The molecule has 0 saturated heterocycles. The summed E-state index contributed by atoms with van der Waals surface area (Å²) in [5, 5.41) is 74.3. The largest absolute Gasteiger partial charge is 0.508 e. The van der Waals surface area contributed by atoms with E-state index in [1.54, 1.807) is 32.0 Å². The number of aromatic nitrogens is 9. The Balaban J connectivity index is 0.000000227. The molecule has 0 saturated carbocycles. The number of rotatable bonds is 10. The number of thiol groups is 1. The van der Waals surface area contributed by atoms with Crippen molar-refractivity contribution in [2.45, 2.75) is 75.7 Å². The number of phenolic OH excluding ortho intramolecular Hbond substituents is 3. The van der Waals surface area contributed by atoms with Gasteiger partial charge in [-0.25, -0.2) is 9.97 Å². The molecule has 4 aliphatic rings. The molecule has 362 valence electrons. The second-order valence-electron chi connectivity index (χ2n) is 15.1. The summed E-state index contributed by atoms with van der Waals surface area (Å²) in [6.45, 7) is 7.32. The molecule has 7 rings (SSSR count). The van der Waals surface area contributed by atoms with Gasteiger partial charge in [-0.2, -0.15) is 32.6 Å². The van der Waals surface area contributed by atoms with Crippen LogP contribution in [0.25, 0.3) is 33.9 Å². The van der Waals surface area contributed by atoms with Crippen molar-refractivity contribution in [2.75, 3.05) is 24.6 Å². The van der Waals surface area contributed by atoms with Gasteiger partial charge in [0.05, 0.1) is 23.6 Å². The quantitative estimate of drug-likeness (QED) is 0.0601. The molecule has 1 aromatic heterocycles. The Labute approximate surface area is 387 Å². The van der Waals surface area contributed by atoms with Gasteiger partial charge in [-0.15, -0.1) is 0 Å². The second-order valence-corrected chi connectivity index (χ2v) is 16.3. The molecule has 3 aromatic rings. The first kappa shape index (κ1) is 54.3. The van der Waals surface area contributed by atoms with E-state index in [1.165, 1.54) is 38.4 Å². The van der Waals surface area contributed by atoms with Crippen LogP contribution in [-0.4, -0.2) is 128 Å². The Hall–Kier alpha value is -7.04. The van der Waals surface area contributed by atoms with Gasteiger partial charge < -0.3 is 84.5 Å². The van der Waals surface area contributed by atoms with Crippen LogP contribution in [0.3, 0.4) is 0 Å². The molecule has 2 aromatic carbocycles. The van der Waals surface area contributed by atoms with Gasteiger partial charge in [0.25, 0.3) is 0 Å². The van der Waals surface area contributed by atoms with Gasteiger partial charge >= 0.3 is 17.1 Å². The number of aliphatic hydroxyl groups excluding tert-OH is 4. The number of aliphatic carboxylic acids is 1. The van der Waals surface area contributed by atoms with E-state index in [0.717, 1.165) is 28.5 Å². The van der Waals surface area contributed by atoms with Crippen LogP contribution >= 0.6 is 12.6 Å². The highest BCUT2D eigenvalue weighted by molar-refractivity contribution is 7.81. The summed E-state index contributed by atoms with van der Waals surface area (Å²) in [4.78, 5) is 63.9. The van der Waals surface area contributed by atoms with E-state index in [2.05, 4.69) is 57.5 Å². The van der Waals surface area contributed by atoms with Crippen molar-refractivity contribution < 1.29 is 45.6 Å². The number of nitrogens with one attached hydrogen (secondary N) is 3. The first-order valence-electron chi connectivity index (χ1n) is 20.1. The zero-order valence-electron chi connectivity index (χ0n) is 36.7. The maximum Gasteiger partial charge on any atom is 0.321 e. The van der Waals surface area contributed by atoms with Crippen molar-refractivity contribution in [2.24, 2.45) is 17.2 Å². The van der Waals surface area contributed by atoms with E-state index >= 15 is 0 Å². The average molecular weight is 953 g/mol. The number of carboxylic acids is 1. The number of anilines is 2.